The number of nitrogens with zero attached hydrogens (tertiary/aromatic N) is 1. The van der Waals surface area contributed by atoms with Gasteiger partial charge in [0.1, 0.15) is 0 Å². The summed E-state index contributed by atoms with van der Waals surface area (Å²) < 4.78 is 32.7. The lowest BCUT2D eigenvalue weighted by Gasteiger charge is -2.41. The van der Waals surface area contributed by atoms with E-state index in [0.717, 1.165) is 0 Å². The van der Waals surface area contributed by atoms with Crippen molar-refractivity contribution in [2.24, 2.45) is 0 Å². The van der Waals surface area contributed by atoms with Gasteiger partial charge in [-0.25, -0.2) is 8.42 Å². The molecule has 1 atom stereocenters. The Balaban J connectivity index is 2.33. The van der Waals surface area contributed by atoms with Crippen molar-refractivity contribution in [2.45, 2.75) is 30.4 Å². The van der Waals surface area contributed by atoms with Crippen molar-refractivity contribution in [1.29, 1.82) is 0 Å². The number of rotatable bonds is 3. The third kappa shape index (κ3) is 3.54. The van der Waals surface area contributed by atoms with E-state index in [9.17, 15) is 8.42 Å². The van der Waals surface area contributed by atoms with Crippen LogP contribution in [0.3, 0.4) is 0 Å². The quantitative estimate of drug-likeness (QED) is 0.755. The second-order valence-electron chi connectivity index (χ2n) is 5.41. The van der Waals surface area contributed by atoms with Crippen LogP contribution in [0.5, 0.6) is 0 Å². The minimum absolute atomic E-state index is 0.160. The molecule has 0 bridgehead atoms. The van der Waals surface area contributed by atoms with E-state index in [0.29, 0.717) is 23.4 Å². The molecule has 0 aromatic heterocycles. The predicted octanol–water partition coefficient (Wildman–Crippen LogP) is 2.90. The average molecular weight is 383 g/mol. The Hall–Kier alpha value is -0.140. The van der Waals surface area contributed by atoms with Crippen molar-refractivity contribution in [3.05, 3.63) is 29.3 Å². The van der Waals surface area contributed by atoms with Crippen LogP contribution in [0.25, 0.3) is 0 Å². The smallest absolute Gasteiger partial charge is 0.243 e. The van der Waals surface area contributed by atoms with E-state index in [2.05, 4.69) is 15.9 Å². The molecule has 1 aliphatic heterocycles. The van der Waals surface area contributed by atoms with Crippen molar-refractivity contribution in [1.82, 2.24) is 4.31 Å². The standard InChI is InChI=1S/C13H17BrClNO3S/c1-13(2)9-16(8-11(7-14)19-13)20(17,18)12-5-3-4-10(15)6-12/h3-6,11H,7-9H2,1-2H3. The van der Waals surface area contributed by atoms with Gasteiger partial charge in [0, 0.05) is 23.4 Å². The van der Waals surface area contributed by atoms with Gasteiger partial charge in [-0.15, -0.1) is 0 Å². The van der Waals surface area contributed by atoms with Gasteiger partial charge in [0.15, 0.2) is 0 Å². The molecule has 1 fully saturated rings. The summed E-state index contributed by atoms with van der Waals surface area (Å²) in [7, 11) is -3.55. The first-order valence-electron chi connectivity index (χ1n) is 6.24. The highest BCUT2D eigenvalue weighted by Crippen LogP contribution is 2.28. The molecular formula is C13H17BrClNO3S. The Labute approximate surface area is 133 Å². The molecule has 0 spiro atoms. The molecule has 4 nitrogen and oxygen atoms in total. The van der Waals surface area contributed by atoms with Crippen LogP contribution in [0.2, 0.25) is 5.02 Å². The van der Waals surface area contributed by atoms with Crippen LogP contribution in [0.1, 0.15) is 13.8 Å². The first-order chi connectivity index (χ1) is 9.24. The van der Waals surface area contributed by atoms with Crippen molar-refractivity contribution in [3.63, 3.8) is 0 Å². The van der Waals surface area contributed by atoms with E-state index in [1.807, 2.05) is 13.8 Å². The largest absolute Gasteiger partial charge is 0.369 e. The Kier molecular flexibility index (Phi) is 4.81. The second-order valence-corrected chi connectivity index (χ2v) is 8.43. The highest BCUT2D eigenvalue weighted by Gasteiger charge is 2.39. The van der Waals surface area contributed by atoms with Gasteiger partial charge in [0.2, 0.25) is 10.0 Å². The number of hydrogen-bond acceptors (Lipinski definition) is 3. The number of halogens is 2. The van der Waals surface area contributed by atoms with Gasteiger partial charge >= 0.3 is 0 Å². The summed E-state index contributed by atoms with van der Waals surface area (Å²) in [6.07, 6.45) is -0.160. The molecule has 1 aliphatic rings. The Morgan fingerprint density at radius 2 is 2.20 bits per heavy atom. The third-order valence-electron chi connectivity index (χ3n) is 3.06. The Bertz CT molecular complexity index is 591. The summed E-state index contributed by atoms with van der Waals surface area (Å²) in [5.41, 5.74) is -0.512. The zero-order valence-electron chi connectivity index (χ0n) is 11.3. The molecule has 2 rings (SSSR count). The molecule has 1 unspecified atom stereocenters. The molecule has 20 heavy (non-hydrogen) atoms. The maximum absolute atomic E-state index is 12.7. The molecular weight excluding hydrogens is 366 g/mol. The highest BCUT2D eigenvalue weighted by molar-refractivity contribution is 9.09. The molecule has 0 saturated carbocycles. The average Bonchev–Trinajstić information content (AvgIpc) is 2.36. The van der Waals surface area contributed by atoms with Crippen molar-refractivity contribution in [3.8, 4) is 0 Å². The summed E-state index contributed by atoms with van der Waals surface area (Å²) >= 11 is 9.24. The van der Waals surface area contributed by atoms with Gasteiger partial charge in [-0.1, -0.05) is 33.6 Å². The number of sulfonamides is 1. The predicted molar refractivity (Wildman–Crippen MR) is 83.0 cm³/mol. The molecule has 0 N–H and O–H groups in total. The van der Waals surface area contributed by atoms with E-state index in [4.69, 9.17) is 16.3 Å². The maximum atomic E-state index is 12.7. The zero-order valence-corrected chi connectivity index (χ0v) is 14.5. The van der Waals surface area contributed by atoms with Crippen LogP contribution in [-0.2, 0) is 14.8 Å². The molecule has 0 amide bonds. The summed E-state index contributed by atoms with van der Waals surface area (Å²) in [5.74, 6) is 0. The Morgan fingerprint density at radius 3 is 2.80 bits per heavy atom. The normalized spacial score (nSPS) is 23.7. The van der Waals surface area contributed by atoms with E-state index >= 15 is 0 Å². The first-order valence-corrected chi connectivity index (χ1v) is 9.18. The van der Waals surface area contributed by atoms with Crippen LogP contribution in [0, 0.1) is 0 Å². The molecule has 0 aliphatic carbocycles. The van der Waals surface area contributed by atoms with Gasteiger partial charge in [-0.05, 0) is 32.0 Å². The molecule has 1 aromatic rings. The van der Waals surface area contributed by atoms with E-state index in [1.165, 1.54) is 10.4 Å². The monoisotopic (exact) mass is 381 g/mol. The summed E-state index contributed by atoms with van der Waals surface area (Å²) in [6, 6.07) is 6.34. The molecule has 0 radical (unpaired) electrons. The summed E-state index contributed by atoms with van der Waals surface area (Å²) in [6.45, 7) is 4.44. The Morgan fingerprint density at radius 1 is 1.50 bits per heavy atom. The van der Waals surface area contributed by atoms with E-state index in [-0.39, 0.29) is 11.0 Å². The van der Waals surface area contributed by atoms with Crippen LogP contribution in [-0.4, -0.2) is 42.8 Å². The maximum Gasteiger partial charge on any atom is 0.243 e. The lowest BCUT2D eigenvalue weighted by atomic mass is 10.1. The van der Waals surface area contributed by atoms with Crippen LogP contribution in [0.15, 0.2) is 29.2 Å². The third-order valence-corrected chi connectivity index (χ3v) is 5.82. The van der Waals surface area contributed by atoms with Crippen LogP contribution in [0.4, 0.5) is 0 Å². The van der Waals surface area contributed by atoms with Crippen LogP contribution < -0.4 is 0 Å². The first kappa shape index (κ1) is 16.2. The molecule has 7 heteroatoms. The van der Waals surface area contributed by atoms with E-state index < -0.39 is 15.6 Å². The van der Waals surface area contributed by atoms with Gasteiger partial charge in [0.05, 0.1) is 16.6 Å². The zero-order chi connectivity index (χ0) is 15.0. The number of benzene rings is 1. The molecule has 112 valence electrons. The van der Waals surface area contributed by atoms with Gasteiger partial charge < -0.3 is 4.74 Å². The van der Waals surface area contributed by atoms with Gasteiger partial charge in [0.25, 0.3) is 0 Å². The number of hydrogen-bond donors (Lipinski definition) is 0. The number of morpholine rings is 1. The van der Waals surface area contributed by atoms with Crippen LogP contribution >= 0.6 is 27.5 Å². The topological polar surface area (TPSA) is 46.6 Å². The van der Waals surface area contributed by atoms with Gasteiger partial charge in [-0.3, -0.25) is 0 Å². The summed E-state index contributed by atoms with van der Waals surface area (Å²) in [5, 5.41) is 1.01. The minimum Gasteiger partial charge on any atom is -0.369 e. The summed E-state index contributed by atoms with van der Waals surface area (Å²) in [4.78, 5) is 0.219. The lowest BCUT2D eigenvalue weighted by molar-refractivity contribution is -0.106. The van der Waals surface area contributed by atoms with Crippen molar-refractivity contribution >= 4 is 37.6 Å². The molecule has 1 saturated heterocycles. The molecule has 1 heterocycles. The minimum atomic E-state index is -3.55. The van der Waals surface area contributed by atoms with E-state index in [1.54, 1.807) is 18.2 Å². The SMILES string of the molecule is CC1(C)CN(S(=O)(=O)c2cccc(Cl)c2)CC(CBr)O1. The second kappa shape index (κ2) is 5.93. The fraction of sp³-hybridized carbons (Fsp3) is 0.538. The van der Waals surface area contributed by atoms with Crippen molar-refractivity contribution < 1.29 is 13.2 Å². The fourth-order valence-corrected chi connectivity index (χ4v) is 4.54. The molecule has 1 aromatic carbocycles. The van der Waals surface area contributed by atoms with Gasteiger partial charge in [-0.2, -0.15) is 4.31 Å². The van der Waals surface area contributed by atoms with Crippen molar-refractivity contribution in [2.75, 3.05) is 18.4 Å². The highest BCUT2D eigenvalue weighted by atomic mass is 79.9. The number of alkyl halides is 1. The number of ether oxygens (including phenoxy) is 1. The fourth-order valence-electron chi connectivity index (χ4n) is 2.28. The lowest BCUT2D eigenvalue weighted by Crippen LogP contribution is -2.54.